The van der Waals surface area contributed by atoms with Gasteiger partial charge >= 0.3 is 18.0 Å². The predicted molar refractivity (Wildman–Crippen MR) is 70.0 cm³/mol. The molecule has 0 aliphatic carbocycles. The van der Waals surface area contributed by atoms with Crippen LogP contribution >= 0.6 is 11.6 Å². The minimum atomic E-state index is -4.65. The van der Waals surface area contributed by atoms with Gasteiger partial charge in [0.05, 0.1) is 17.2 Å². The number of anilines is 1. The van der Waals surface area contributed by atoms with Crippen LogP contribution in [0.4, 0.5) is 18.9 Å². The molecule has 0 unspecified atom stereocenters. The summed E-state index contributed by atoms with van der Waals surface area (Å²) in [5.74, 6) is -2.06. The van der Waals surface area contributed by atoms with Crippen LogP contribution in [-0.4, -0.2) is 32.1 Å². The van der Waals surface area contributed by atoms with Crippen LogP contribution in [0.25, 0.3) is 0 Å². The number of amides is 2. The fourth-order valence-electron chi connectivity index (χ4n) is 1.36. The van der Waals surface area contributed by atoms with E-state index in [2.05, 4.69) is 15.4 Å². The number of hydrogen-bond acceptors (Lipinski definition) is 3. The fraction of sp³-hybridized carbons (Fsp3) is 0.333. The third-order valence-corrected chi connectivity index (χ3v) is 2.66. The Bertz CT molecular complexity index is 535. The number of alkyl halides is 3. The largest absolute Gasteiger partial charge is 0.417 e. The van der Waals surface area contributed by atoms with Gasteiger partial charge in [-0.1, -0.05) is 11.6 Å². The van der Waals surface area contributed by atoms with Gasteiger partial charge in [-0.2, -0.15) is 13.2 Å². The van der Waals surface area contributed by atoms with Gasteiger partial charge in [0.25, 0.3) is 0 Å². The highest BCUT2D eigenvalue weighted by Gasteiger charge is 2.33. The van der Waals surface area contributed by atoms with Crippen LogP contribution in [0.15, 0.2) is 18.2 Å². The molecule has 0 saturated carbocycles. The first-order valence-corrected chi connectivity index (χ1v) is 6.08. The summed E-state index contributed by atoms with van der Waals surface area (Å²) in [4.78, 5) is 22.8. The van der Waals surface area contributed by atoms with Gasteiger partial charge in [0.1, 0.15) is 0 Å². The maximum absolute atomic E-state index is 12.6. The van der Waals surface area contributed by atoms with Crippen LogP contribution < -0.4 is 10.6 Å². The quantitative estimate of drug-likeness (QED) is 0.658. The first kappa shape index (κ1) is 17.3. The Kier molecular flexibility index (Phi) is 5.98. The molecule has 0 fully saturated rings. The molecule has 5 nitrogen and oxygen atoms in total. The highest BCUT2D eigenvalue weighted by Crippen LogP contribution is 2.36. The molecule has 9 heteroatoms. The summed E-state index contributed by atoms with van der Waals surface area (Å²) in [5, 5.41) is 3.80. The van der Waals surface area contributed by atoms with E-state index >= 15 is 0 Å². The normalized spacial score (nSPS) is 11.1. The number of benzene rings is 1. The SMILES string of the molecule is COCCNC(=O)C(=O)Nc1ccc(Cl)c(C(F)(F)F)c1. The van der Waals surface area contributed by atoms with Gasteiger partial charge in [-0.25, -0.2) is 0 Å². The minimum absolute atomic E-state index is 0.108. The molecule has 0 spiro atoms. The first-order valence-electron chi connectivity index (χ1n) is 5.70. The van der Waals surface area contributed by atoms with Crippen molar-refractivity contribution in [2.24, 2.45) is 0 Å². The summed E-state index contributed by atoms with van der Waals surface area (Å²) in [7, 11) is 1.42. The molecule has 0 heterocycles. The number of nitrogens with one attached hydrogen (secondary N) is 2. The van der Waals surface area contributed by atoms with E-state index in [0.29, 0.717) is 6.07 Å². The van der Waals surface area contributed by atoms with E-state index in [9.17, 15) is 22.8 Å². The van der Waals surface area contributed by atoms with Gasteiger partial charge in [0.15, 0.2) is 0 Å². The van der Waals surface area contributed by atoms with E-state index in [4.69, 9.17) is 11.6 Å². The lowest BCUT2D eigenvalue weighted by Crippen LogP contribution is -2.37. The van der Waals surface area contributed by atoms with Crippen molar-refractivity contribution in [3.05, 3.63) is 28.8 Å². The van der Waals surface area contributed by atoms with Gasteiger partial charge in [0.2, 0.25) is 0 Å². The van der Waals surface area contributed by atoms with E-state index in [1.165, 1.54) is 7.11 Å². The predicted octanol–water partition coefficient (Wildman–Crippen LogP) is 2.06. The second kappa shape index (κ2) is 7.28. The second-order valence-corrected chi connectivity index (χ2v) is 4.30. The van der Waals surface area contributed by atoms with Crippen molar-refractivity contribution >= 4 is 29.1 Å². The van der Waals surface area contributed by atoms with E-state index in [0.717, 1.165) is 12.1 Å². The summed E-state index contributed by atoms with van der Waals surface area (Å²) in [6.07, 6.45) is -4.65. The van der Waals surface area contributed by atoms with Crippen molar-refractivity contribution in [3.63, 3.8) is 0 Å². The molecular formula is C12H12ClF3N2O3. The van der Waals surface area contributed by atoms with E-state index in [-0.39, 0.29) is 18.8 Å². The Hall–Kier alpha value is -1.80. The second-order valence-electron chi connectivity index (χ2n) is 3.90. The molecule has 0 aliphatic heterocycles. The van der Waals surface area contributed by atoms with Crippen molar-refractivity contribution in [2.45, 2.75) is 6.18 Å². The first-order chi connectivity index (χ1) is 9.75. The number of rotatable bonds is 4. The van der Waals surface area contributed by atoms with Crippen molar-refractivity contribution in [3.8, 4) is 0 Å². The van der Waals surface area contributed by atoms with E-state index in [1.54, 1.807) is 0 Å². The lowest BCUT2D eigenvalue weighted by Gasteiger charge is -2.11. The Morgan fingerprint density at radius 1 is 1.29 bits per heavy atom. The molecule has 0 aliphatic rings. The summed E-state index contributed by atoms with van der Waals surface area (Å²) >= 11 is 5.44. The Balaban J connectivity index is 2.75. The molecule has 0 atom stereocenters. The third-order valence-electron chi connectivity index (χ3n) is 2.33. The molecule has 2 amide bonds. The fourth-order valence-corrected chi connectivity index (χ4v) is 1.58. The van der Waals surface area contributed by atoms with Crippen LogP contribution in [0, 0.1) is 0 Å². The Morgan fingerprint density at radius 2 is 1.95 bits per heavy atom. The molecule has 0 saturated heterocycles. The zero-order valence-electron chi connectivity index (χ0n) is 10.9. The topological polar surface area (TPSA) is 67.4 Å². The number of halogens is 4. The standard InChI is InChI=1S/C12H12ClF3N2O3/c1-21-5-4-17-10(19)11(20)18-7-2-3-9(13)8(6-7)12(14,15)16/h2-3,6H,4-5H2,1H3,(H,17,19)(H,18,20). The van der Waals surface area contributed by atoms with Gasteiger partial charge in [-0.05, 0) is 18.2 Å². The lowest BCUT2D eigenvalue weighted by molar-refractivity contribution is -0.137. The summed E-state index contributed by atoms with van der Waals surface area (Å²) in [6.45, 7) is 0.315. The summed E-state index contributed by atoms with van der Waals surface area (Å²) in [6, 6.07) is 2.81. The highest BCUT2D eigenvalue weighted by atomic mass is 35.5. The van der Waals surface area contributed by atoms with Crippen LogP contribution in [0.1, 0.15) is 5.56 Å². The van der Waals surface area contributed by atoms with Gasteiger partial charge in [0, 0.05) is 19.3 Å². The zero-order valence-corrected chi connectivity index (χ0v) is 11.6. The Labute approximate surface area is 123 Å². The monoisotopic (exact) mass is 324 g/mol. The van der Waals surface area contributed by atoms with Crippen molar-refractivity contribution in [1.29, 1.82) is 0 Å². The van der Waals surface area contributed by atoms with Crippen LogP contribution in [0.3, 0.4) is 0 Å². The number of hydrogen-bond donors (Lipinski definition) is 2. The molecule has 0 aromatic heterocycles. The molecule has 116 valence electrons. The van der Waals surface area contributed by atoms with E-state index < -0.39 is 28.6 Å². The molecule has 1 aromatic carbocycles. The number of ether oxygens (including phenoxy) is 1. The summed E-state index contributed by atoms with van der Waals surface area (Å²) < 4.78 is 42.6. The number of methoxy groups -OCH3 is 1. The van der Waals surface area contributed by atoms with Crippen LogP contribution in [-0.2, 0) is 20.5 Å². The minimum Gasteiger partial charge on any atom is -0.383 e. The van der Waals surface area contributed by atoms with Crippen molar-refractivity contribution in [1.82, 2.24) is 5.32 Å². The average molecular weight is 325 g/mol. The molecule has 1 rings (SSSR count). The average Bonchev–Trinajstić information content (AvgIpc) is 2.39. The molecule has 0 radical (unpaired) electrons. The zero-order chi connectivity index (χ0) is 16.0. The number of carbonyl (C=O) groups excluding carboxylic acids is 2. The highest BCUT2D eigenvalue weighted by molar-refractivity contribution is 6.39. The summed E-state index contributed by atoms with van der Waals surface area (Å²) in [5.41, 5.74) is -1.28. The smallest absolute Gasteiger partial charge is 0.383 e. The molecular weight excluding hydrogens is 313 g/mol. The van der Waals surface area contributed by atoms with E-state index in [1.807, 2.05) is 0 Å². The molecule has 1 aromatic rings. The maximum Gasteiger partial charge on any atom is 0.417 e. The van der Waals surface area contributed by atoms with Crippen molar-refractivity contribution < 1.29 is 27.5 Å². The molecule has 21 heavy (non-hydrogen) atoms. The maximum atomic E-state index is 12.6. The third kappa shape index (κ3) is 5.24. The molecule has 0 bridgehead atoms. The Morgan fingerprint density at radius 3 is 2.52 bits per heavy atom. The van der Waals surface area contributed by atoms with Crippen LogP contribution in [0.2, 0.25) is 5.02 Å². The number of carbonyl (C=O) groups is 2. The lowest BCUT2D eigenvalue weighted by atomic mass is 10.2. The van der Waals surface area contributed by atoms with Gasteiger partial charge in [-0.3, -0.25) is 9.59 Å². The van der Waals surface area contributed by atoms with Crippen LogP contribution in [0.5, 0.6) is 0 Å². The van der Waals surface area contributed by atoms with Gasteiger partial charge in [-0.15, -0.1) is 0 Å². The van der Waals surface area contributed by atoms with Crippen molar-refractivity contribution in [2.75, 3.05) is 25.6 Å². The van der Waals surface area contributed by atoms with Gasteiger partial charge < -0.3 is 15.4 Å². The molecule has 2 N–H and O–H groups in total.